The molecule has 0 amide bonds. The van der Waals surface area contributed by atoms with Gasteiger partial charge < -0.3 is 5.73 Å². The smallest absolute Gasteiger partial charge is 0.0960 e. The Morgan fingerprint density at radius 2 is 2.13 bits per heavy atom. The van der Waals surface area contributed by atoms with E-state index in [9.17, 15) is 0 Å². The summed E-state index contributed by atoms with van der Waals surface area (Å²) in [4.78, 5) is 1.23. The first-order valence-electron chi connectivity index (χ1n) is 5.66. The number of nitrogens with two attached hydrogens (primary N) is 1. The number of unbranched alkanes of at least 4 members (excludes halogenated alkanes) is 3. The van der Waals surface area contributed by atoms with Gasteiger partial charge in [-0.3, -0.25) is 0 Å². The first-order chi connectivity index (χ1) is 7.15. The van der Waals surface area contributed by atoms with Crippen LogP contribution in [-0.2, 0) is 0 Å². The lowest BCUT2D eigenvalue weighted by molar-refractivity contribution is 0.571. The molecule has 0 aliphatic rings. The van der Waals surface area contributed by atoms with E-state index in [-0.39, 0.29) is 6.04 Å². The average molecular weight is 246 g/mol. The minimum Gasteiger partial charge on any atom is -0.323 e. The average Bonchev–Trinajstić information content (AvgIpc) is 2.54. The van der Waals surface area contributed by atoms with Crippen molar-refractivity contribution in [3.63, 3.8) is 0 Å². The van der Waals surface area contributed by atoms with Crippen molar-refractivity contribution in [2.75, 3.05) is 0 Å². The zero-order valence-corrected chi connectivity index (χ0v) is 11.1. The van der Waals surface area contributed by atoms with Crippen molar-refractivity contribution in [1.82, 2.24) is 0 Å². The zero-order valence-electron chi connectivity index (χ0n) is 9.55. The predicted molar refractivity (Wildman–Crippen MR) is 69.8 cm³/mol. The third-order valence-corrected chi connectivity index (χ3v) is 4.30. The largest absolute Gasteiger partial charge is 0.323 e. The Balaban J connectivity index is 2.36. The summed E-state index contributed by atoms with van der Waals surface area (Å²) >= 11 is 7.65. The Bertz CT molecular complexity index is 276. The van der Waals surface area contributed by atoms with Crippen LogP contribution in [0.4, 0.5) is 0 Å². The molecule has 15 heavy (non-hydrogen) atoms. The van der Waals surface area contributed by atoms with Crippen molar-refractivity contribution >= 4 is 22.9 Å². The van der Waals surface area contributed by atoms with E-state index in [0.29, 0.717) is 0 Å². The van der Waals surface area contributed by atoms with Gasteiger partial charge >= 0.3 is 0 Å². The SMILES string of the molecule is CCCCCCC(N)c1cc(C)c(Cl)s1. The summed E-state index contributed by atoms with van der Waals surface area (Å²) in [7, 11) is 0. The van der Waals surface area contributed by atoms with Gasteiger partial charge in [0.2, 0.25) is 0 Å². The summed E-state index contributed by atoms with van der Waals surface area (Å²) in [6.45, 7) is 4.26. The van der Waals surface area contributed by atoms with Crippen LogP contribution in [0.2, 0.25) is 4.34 Å². The number of hydrogen-bond acceptors (Lipinski definition) is 2. The molecule has 0 saturated carbocycles. The van der Waals surface area contributed by atoms with Crippen LogP contribution in [0, 0.1) is 6.92 Å². The second-order valence-corrected chi connectivity index (χ2v) is 5.75. The molecule has 1 aromatic rings. The highest BCUT2D eigenvalue weighted by Crippen LogP contribution is 2.31. The van der Waals surface area contributed by atoms with Gasteiger partial charge in [0.15, 0.2) is 0 Å². The van der Waals surface area contributed by atoms with Gasteiger partial charge in [0, 0.05) is 10.9 Å². The minimum atomic E-state index is 0.179. The van der Waals surface area contributed by atoms with Crippen LogP contribution < -0.4 is 5.73 Å². The lowest BCUT2D eigenvalue weighted by Crippen LogP contribution is -2.08. The molecule has 0 radical (unpaired) electrons. The van der Waals surface area contributed by atoms with Crippen molar-refractivity contribution in [3.05, 3.63) is 20.8 Å². The minimum absolute atomic E-state index is 0.179. The number of halogens is 1. The molecule has 0 aromatic carbocycles. The van der Waals surface area contributed by atoms with Gasteiger partial charge in [0.25, 0.3) is 0 Å². The molecule has 0 saturated heterocycles. The molecule has 0 aliphatic carbocycles. The van der Waals surface area contributed by atoms with E-state index in [1.165, 1.54) is 30.6 Å². The van der Waals surface area contributed by atoms with Crippen molar-refractivity contribution < 1.29 is 0 Å². The first-order valence-corrected chi connectivity index (χ1v) is 6.86. The lowest BCUT2D eigenvalue weighted by atomic mass is 10.1. The molecule has 0 aliphatic heterocycles. The third kappa shape index (κ3) is 4.13. The lowest BCUT2D eigenvalue weighted by Gasteiger charge is -2.08. The van der Waals surface area contributed by atoms with Crippen LogP contribution in [0.15, 0.2) is 6.07 Å². The first kappa shape index (κ1) is 13.0. The van der Waals surface area contributed by atoms with Crippen LogP contribution in [0.5, 0.6) is 0 Å². The molecule has 0 bridgehead atoms. The predicted octanol–water partition coefficient (Wildman–Crippen LogP) is 4.68. The number of rotatable bonds is 6. The van der Waals surface area contributed by atoms with Crippen LogP contribution in [0.3, 0.4) is 0 Å². The highest BCUT2D eigenvalue weighted by atomic mass is 35.5. The normalized spacial score (nSPS) is 13.1. The van der Waals surface area contributed by atoms with Gasteiger partial charge in [-0.05, 0) is 25.0 Å². The monoisotopic (exact) mass is 245 g/mol. The van der Waals surface area contributed by atoms with Crippen molar-refractivity contribution in [1.29, 1.82) is 0 Å². The molecule has 1 heterocycles. The fraction of sp³-hybridized carbons (Fsp3) is 0.667. The molecule has 1 unspecified atom stereocenters. The molecule has 1 nitrogen and oxygen atoms in total. The Morgan fingerprint density at radius 1 is 1.40 bits per heavy atom. The van der Waals surface area contributed by atoms with Crippen LogP contribution in [0.1, 0.15) is 55.5 Å². The molecular formula is C12H20ClNS. The van der Waals surface area contributed by atoms with E-state index in [4.69, 9.17) is 17.3 Å². The summed E-state index contributed by atoms with van der Waals surface area (Å²) in [5.74, 6) is 0. The molecule has 86 valence electrons. The van der Waals surface area contributed by atoms with Crippen LogP contribution in [0.25, 0.3) is 0 Å². The summed E-state index contributed by atoms with van der Waals surface area (Å²) in [5, 5.41) is 0. The van der Waals surface area contributed by atoms with Crippen molar-refractivity contribution in [2.24, 2.45) is 5.73 Å². The van der Waals surface area contributed by atoms with E-state index in [1.807, 2.05) is 6.92 Å². The summed E-state index contributed by atoms with van der Waals surface area (Å²) in [6, 6.07) is 2.30. The molecule has 3 heteroatoms. The van der Waals surface area contributed by atoms with Crippen LogP contribution >= 0.6 is 22.9 Å². The molecule has 0 fully saturated rings. The Morgan fingerprint density at radius 3 is 2.67 bits per heavy atom. The summed E-state index contributed by atoms with van der Waals surface area (Å²) < 4.78 is 0.883. The van der Waals surface area contributed by atoms with Gasteiger partial charge in [-0.25, -0.2) is 0 Å². The second kappa shape index (κ2) is 6.51. The highest BCUT2D eigenvalue weighted by molar-refractivity contribution is 7.16. The highest BCUT2D eigenvalue weighted by Gasteiger charge is 2.10. The third-order valence-electron chi connectivity index (χ3n) is 2.61. The van der Waals surface area contributed by atoms with Crippen molar-refractivity contribution in [2.45, 2.75) is 52.0 Å². The number of aryl methyl sites for hydroxylation is 1. The van der Waals surface area contributed by atoms with Gasteiger partial charge in [0.1, 0.15) is 0 Å². The standard InChI is InChI=1S/C12H20ClNS/c1-3-4-5-6-7-10(14)11-8-9(2)12(13)15-11/h8,10H,3-7,14H2,1-2H3. The van der Waals surface area contributed by atoms with Gasteiger partial charge in [0.05, 0.1) is 4.34 Å². The molecule has 1 aromatic heterocycles. The fourth-order valence-electron chi connectivity index (χ4n) is 1.60. The van der Waals surface area contributed by atoms with E-state index in [1.54, 1.807) is 11.3 Å². The fourth-order valence-corrected chi connectivity index (χ4v) is 2.85. The van der Waals surface area contributed by atoms with Gasteiger partial charge in [-0.15, -0.1) is 11.3 Å². The molecule has 2 N–H and O–H groups in total. The maximum atomic E-state index is 6.11. The molecule has 1 atom stereocenters. The molecule has 0 spiro atoms. The van der Waals surface area contributed by atoms with Gasteiger partial charge in [-0.2, -0.15) is 0 Å². The topological polar surface area (TPSA) is 26.0 Å². The zero-order chi connectivity index (χ0) is 11.3. The number of hydrogen-bond donors (Lipinski definition) is 1. The van der Waals surface area contributed by atoms with Crippen molar-refractivity contribution in [3.8, 4) is 0 Å². The second-order valence-electron chi connectivity index (χ2n) is 4.06. The summed E-state index contributed by atoms with van der Waals surface area (Å²) in [6.07, 6.45) is 6.19. The maximum Gasteiger partial charge on any atom is 0.0960 e. The van der Waals surface area contributed by atoms with E-state index >= 15 is 0 Å². The van der Waals surface area contributed by atoms with Gasteiger partial charge in [-0.1, -0.05) is 44.2 Å². The quantitative estimate of drug-likeness (QED) is 0.724. The van der Waals surface area contributed by atoms with E-state index < -0.39 is 0 Å². The molecular weight excluding hydrogens is 226 g/mol. The number of thiophene rings is 1. The Hall–Kier alpha value is -0.0500. The van der Waals surface area contributed by atoms with E-state index in [2.05, 4.69) is 13.0 Å². The van der Waals surface area contributed by atoms with E-state index in [0.717, 1.165) is 16.3 Å². The molecule has 1 rings (SSSR count). The van der Waals surface area contributed by atoms with Crippen LogP contribution in [-0.4, -0.2) is 0 Å². The summed E-state index contributed by atoms with van der Waals surface area (Å²) in [5.41, 5.74) is 7.26. The Labute approximate surface area is 102 Å². The Kier molecular flexibility index (Phi) is 5.65. The maximum absolute atomic E-state index is 6.11.